The molecule has 0 bridgehead atoms. The molecule has 0 unspecified atom stereocenters. The molecule has 3 amide bonds. The lowest BCUT2D eigenvalue weighted by Gasteiger charge is -2.14. The standard InChI is InChI=1S/C24H23N3O5/c1-5-31-16-9-7-15(8-10-16)27-22(29)17-11-6-14(12-18(17)23(27)30)21(28)25-20-13-19(32-26-20)24(2,3)4/h6-13H,5H2,1-4H3,(H,25,26,28). The molecule has 2 heterocycles. The first-order valence-corrected chi connectivity index (χ1v) is 10.2. The lowest BCUT2D eigenvalue weighted by molar-refractivity contribution is 0.0925. The Labute approximate surface area is 185 Å². The molecule has 2 aromatic carbocycles. The van der Waals surface area contributed by atoms with E-state index in [2.05, 4.69) is 10.5 Å². The van der Waals surface area contributed by atoms with Gasteiger partial charge in [-0.25, -0.2) is 4.90 Å². The maximum absolute atomic E-state index is 13.0. The van der Waals surface area contributed by atoms with Crippen LogP contribution in [0.1, 0.15) is 64.5 Å². The van der Waals surface area contributed by atoms with Gasteiger partial charge >= 0.3 is 0 Å². The SMILES string of the molecule is CCOc1ccc(N2C(=O)c3ccc(C(=O)Nc4cc(C(C)(C)C)on4)cc3C2=O)cc1. The van der Waals surface area contributed by atoms with E-state index in [1.807, 2.05) is 27.7 Å². The Hall–Kier alpha value is -3.94. The van der Waals surface area contributed by atoms with E-state index in [1.165, 1.54) is 18.2 Å². The van der Waals surface area contributed by atoms with Crippen molar-refractivity contribution in [1.29, 1.82) is 0 Å². The molecule has 0 spiro atoms. The summed E-state index contributed by atoms with van der Waals surface area (Å²) in [5, 5.41) is 6.53. The van der Waals surface area contributed by atoms with Crippen molar-refractivity contribution in [2.45, 2.75) is 33.1 Å². The third-order valence-electron chi connectivity index (χ3n) is 5.05. The molecular formula is C24H23N3O5. The Morgan fingerprint density at radius 2 is 1.72 bits per heavy atom. The van der Waals surface area contributed by atoms with E-state index in [-0.39, 0.29) is 27.9 Å². The summed E-state index contributed by atoms with van der Waals surface area (Å²) in [5.74, 6) is 0.177. The molecule has 1 N–H and O–H groups in total. The van der Waals surface area contributed by atoms with Crippen molar-refractivity contribution in [3.63, 3.8) is 0 Å². The molecule has 4 rings (SSSR count). The van der Waals surface area contributed by atoms with Crippen LogP contribution in [0, 0.1) is 0 Å². The molecule has 0 saturated heterocycles. The van der Waals surface area contributed by atoms with E-state index in [0.29, 0.717) is 23.8 Å². The summed E-state index contributed by atoms with van der Waals surface area (Å²) in [6.07, 6.45) is 0. The topological polar surface area (TPSA) is 102 Å². The fourth-order valence-electron chi connectivity index (χ4n) is 3.35. The summed E-state index contributed by atoms with van der Waals surface area (Å²) in [7, 11) is 0. The summed E-state index contributed by atoms with van der Waals surface area (Å²) >= 11 is 0. The second kappa shape index (κ2) is 7.96. The number of rotatable bonds is 5. The van der Waals surface area contributed by atoms with Crippen LogP contribution in [0.4, 0.5) is 11.5 Å². The minimum Gasteiger partial charge on any atom is -0.494 e. The van der Waals surface area contributed by atoms with Crippen molar-refractivity contribution in [3.05, 3.63) is 71.0 Å². The highest BCUT2D eigenvalue weighted by Gasteiger charge is 2.37. The number of imide groups is 1. The van der Waals surface area contributed by atoms with Gasteiger partial charge in [-0.2, -0.15) is 0 Å². The zero-order chi connectivity index (χ0) is 23.0. The Morgan fingerprint density at radius 3 is 2.34 bits per heavy atom. The molecular weight excluding hydrogens is 410 g/mol. The summed E-state index contributed by atoms with van der Waals surface area (Å²) in [6, 6.07) is 12.8. The molecule has 0 atom stereocenters. The predicted octanol–water partition coefficient (Wildman–Crippen LogP) is 4.42. The molecule has 8 nitrogen and oxygen atoms in total. The summed E-state index contributed by atoms with van der Waals surface area (Å²) in [6.45, 7) is 8.30. The van der Waals surface area contributed by atoms with Crippen molar-refractivity contribution >= 4 is 29.2 Å². The lowest BCUT2D eigenvalue weighted by Crippen LogP contribution is -2.29. The van der Waals surface area contributed by atoms with E-state index in [9.17, 15) is 14.4 Å². The second-order valence-corrected chi connectivity index (χ2v) is 8.41. The number of anilines is 2. The van der Waals surface area contributed by atoms with Crippen LogP contribution in [-0.2, 0) is 5.41 Å². The van der Waals surface area contributed by atoms with Crippen LogP contribution in [0.5, 0.6) is 5.75 Å². The Bertz CT molecular complexity index is 1210. The van der Waals surface area contributed by atoms with Gasteiger partial charge in [0.2, 0.25) is 0 Å². The number of nitrogens with one attached hydrogen (secondary N) is 1. The lowest BCUT2D eigenvalue weighted by atomic mass is 9.93. The smallest absolute Gasteiger partial charge is 0.266 e. The first-order valence-electron chi connectivity index (χ1n) is 10.2. The van der Waals surface area contributed by atoms with Crippen molar-refractivity contribution in [1.82, 2.24) is 5.16 Å². The van der Waals surface area contributed by atoms with Gasteiger partial charge in [-0.05, 0) is 49.4 Å². The summed E-state index contributed by atoms with van der Waals surface area (Å²) in [4.78, 5) is 39.6. The summed E-state index contributed by atoms with van der Waals surface area (Å²) < 4.78 is 10.7. The van der Waals surface area contributed by atoms with Crippen LogP contribution in [-0.4, -0.2) is 29.5 Å². The Kier molecular flexibility index (Phi) is 5.30. The van der Waals surface area contributed by atoms with E-state index in [1.54, 1.807) is 30.3 Å². The van der Waals surface area contributed by atoms with Crippen molar-refractivity contribution in [3.8, 4) is 5.75 Å². The van der Waals surface area contributed by atoms with Crippen LogP contribution >= 0.6 is 0 Å². The van der Waals surface area contributed by atoms with Gasteiger partial charge in [-0.3, -0.25) is 14.4 Å². The molecule has 1 aliphatic heterocycles. The average molecular weight is 433 g/mol. The molecule has 0 radical (unpaired) electrons. The molecule has 0 aliphatic carbocycles. The van der Waals surface area contributed by atoms with Crippen molar-refractivity contribution in [2.75, 3.05) is 16.8 Å². The fourth-order valence-corrected chi connectivity index (χ4v) is 3.35. The number of benzene rings is 2. The van der Waals surface area contributed by atoms with Crippen molar-refractivity contribution in [2.24, 2.45) is 0 Å². The highest BCUT2D eigenvalue weighted by atomic mass is 16.5. The fraction of sp³-hybridized carbons (Fsp3) is 0.250. The maximum Gasteiger partial charge on any atom is 0.266 e. The maximum atomic E-state index is 13.0. The number of fused-ring (bicyclic) bond motifs is 1. The number of carbonyl (C=O) groups is 3. The zero-order valence-corrected chi connectivity index (χ0v) is 18.3. The normalized spacial score (nSPS) is 13.3. The molecule has 1 aliphatic rings. The van der Waals surface area contributed by atoms with Gasteiger partial charge < -0.3 is 14.6 Å². The first-order chi connectivity index (χ1) is 15.2. The van der Waals surface area contributed by atoms with E-state index in [0.717, 1.165) is 4.90 Å². The van der Waals surface area contributed by atoms with Gasteiger partial charge in [0.15, 0.2) is 5.82 Å². The predicted molar refractivity (Wildman–Crippen MR) is 118 cm³/mol. The Morgan fingerprint density at radius 1 is 1.03 bits per heavy atom. The van der Waals surface area contributed by atoms with Gasteiger partial charge in [-0.1, -0.05) is 25.9 Å². The van der Waals surface area contributed by atoms with E-state index in [4.69, 9.17) is 9.26 Å². The van der Waals surface area contributed by atoms with Crippen LogP contribution in [0.25, 0.3) is 0 Å². The number of nitrogens with zero attached hydrogens (tertiary/aromatic N) is 2. The van der Waals surface area contributed by atoms with Crippen LogP contribution < -0.4 is 15.0 Å². The number of amides is 3. The zero-order valence-electron chi connectivity index (χ0n) is 18.3. The minimum absolute atomic E-state index is 0.173. The number of hydrogen-bond acceptors (Lipinski definition) is 6. The molecule has 8 heteroatoms. The molecule has 0 saturated carbocycles. The van der Waals surface area contributed by atoms with Crippen LogP contribution in [0.2, 0.25) is 0 Å². The first kappa shape index (κ1) is 21.3. The minimum atomic E-state index is -0.486. The van der Waals surface area contributed by atoms with Gasteiger partial charge in [0.25, 0.3) is 17.7 Å². The van der Waals surface area contributed by atoms with Gasteiger partial charge in [0, 0.05) is 17.0 Å². The van der Waals surface area contributed by atoms with E-state index < -0.39 is 17.7 Å². The quantitative estimate of drug-likeness (QED) is 0.598. The number of ether oxygens (including phenoxy) is 1. The monoisotopic (exact) mass is 433 g/mol. The van der Waals surface area contributed by atoms with Crippen LogP contribution in [0.15, 0.2) is 53.1 Å². The van der Waals surface area contributed by atoms with Crippen molar-refractivity contribution < 1.29 is 23.6 Å². The third kappa shape index (κ3) is 3.87. The average Bonchev–Trinajstić information content (AvgIpc) is 3.32. The van der Waals surface area contributed by atoms with E-state index >= 15 is 0 Å². The van der Waals surface area contributed by atoms with Crippen LogP contribution in [0.3, 0.4) is 0 Å². The number of aromatic nitrogens is 1. The summed E-state index contributed by atoms with van der Waals surface area (Å²) in [5.41, 5.74) is 0.839. The number of carbonyl (C=O) groups excluding carboxylic acids is 3. The molecule has 32 heavy (non-hydrogen) atoms. The highest BCUT2D eigenvalue weighted by Crippen LogP contribution is 2.30. The largest absolute Gasteiger partial charge is 0.494 e. The highest BCUT2D eigenvalue weighted by molar-refractivity contribution is 6.34. The molecule has 164 valence electrons. The molecule has 1 aromatic heterocycles. The second-order valence-electron chi connectivity index (χ2n) is 8.41. The van der Waals surface area contributed by atoms with Gasteiger partial charge in [0.1, 0.15) is 11.5 Å². The van der Waals surface area contributed by atoms with Gasteiger partial charge in [-0.15, -0.1) is 0 Å². The van der Waals surface area contributed by atoms with Gasteiger partial charge in [0.05, 0.1) is 23.4 Å². The Balaban J connectivity index is 1.56. The third-order valence-corrected chi connectivity index (χ3v) is 5.05. The molecule has 3 aromatic rings. The molecule has 0 fully saturated rings. The number of hydrogen-bond donors (Lipinski definition) is 1.